The number of piperidine rings is 1. The van der Waals surface area contributed by atoms with Crippen LogP contribution in [-0.4, -0.2) is 50.8 Å². The van der Waals surface area contributed by atoms with Crippen molar-refractivity contribution in [2.45, 2.75) is 50.5 Å². The van der Waals surface area contributed by atoms with Crippen molar-refractivity contribution in [1.29, 1.82) is 0 Å². The summed E-state index contributed by atoms with van der Waals surface area (Å²) < 4.78 is 32.0. The molecule has 1 aromatic carbocycles. The molecule has 0 bridgehead atoms. The first-order chi connectivity index (χ1) is 12.8. The van der Waals surface area contributed by atoms with Gasteiger partial charge in [-0.1, -0.05) is 25.5 Å². The lowest BCUT2D eigenvalue weighted by molar-refractivity contribution is -0.126. The van der Waals surface area contributed by atoms with Crippen LogP contribution in [-0.2, 0) is 19.6 Å². The van der Waals surface area contributed by atoms with Crippen molar-refractivity contribution in [3.63, 3.8) is 0 Å². The molecule has 0 spiro atoms. The number of amides is 1. The van der Waals surface area contributed by atoms with E-state index in [1.165, 1.54) is 23.5 Å². The van der Waals surface area contributed by atoms with Gasteiger partial charge >= 0.3 is 5.97 Å². The highest BCUT2D eigenvalue weighted by Crippen LogP contribution is 2.26. The van der Waals surface area contributed by atoms with Gasteiger partial charge in [0.2, 0.25) is 15.9 Å². The van der Waals surface area contributed by atoms with Crippen molar-refractivity contribution in [1.82, 2.24) is 9.62 Å². The summed E-state index contributed by atoms with van der Waals surface area (Å²) >= 11 is 0. The van der Waals surface area contributed by atoms with Crippen LogP contribution in [0.3, 0.4) is 0 Å². The number of hydrogen-bond donors (Lipinski definition) is 1. The van der Waals surface area contributed by atoms with E-state index in [2.05, 4.69) is 17.0 Å². The summed E-state index contributed by atoms with van der Waals surface area (Å²) in [6.45, 7) is 4.54. The van der Waals surface area contributed by atoms with Crippen molar-refractivity contribution >= 4 is 21.9 Å². The monoisotopic (exact) mass is 396 g/mol. The number of esters is 1. The van der Waals surface area contributed by atoms with Crippen LogP contribution in [0.5, 0.6) is 0 Å². The molecule has 1 saturated heterocycles. The molecule has 1 atom stereocenters. The maximum atomic E-state index is 13.0. The van der Waals surface area contributed by atoms with Gasteiger partial charge in [-0.15, -0.1) is 0 Å². The number of benzene rings is 1. The van der Waals surface area contributed by atoms with E-state index >= 15 is 0 Å². The molecule has 0 aliphatic carbocycles. The Labute approximate surface area is 161 Å². The Morgan fingerprint density at radius 3 is 2.48 bits per heavy atom. The molecule has 1 aliphatic rings. The zero-order valence-corrected chi connectivity index (χ0v) is 16.9. The summed E-state index contributed by atoms with van der Waals surface area (Å²) in [5, 5.41) is 3.00. The van der Waals surface area contributed by atoms with Gasteiger partial charge in [-0.25, -0.2) is 13.2 Å². The Kier molecular flexibility index (Phi) is 7.38. The largest absolute Gasteiger partial charge is 0.465 e. The fourth-order valence-electron chi connectivity index (χ4n) is 3.33. The quantitative estimate of drug-likeness (QED) is 0.713. The van der Waals surface area contributed by atoms with E-state index in [4.69, 9.17) is 0 Å². The van der Waals surface area contributed by atoms with E-state index in [9.17, 15) is 18.0 Å². The molecule has 1 heterocycles. The lowest BCUT2D eigenvalue weighted by Gasteiger charge is -2.31. The van der Waals surface area contributed by atoms with Crippen molar-refractivity contribution in [3.05, 3.63) is 29.8 Å². The van der Waals surface area contributed by atoms with Crippen LogP contribution in [0.25, 0.3) is 0 Å². The second kappa shape index (κ2) is 9.32. The van der Waals surface area contributed by atoms with Crippen molar-refractivity contribution in [2.75, 3.05) is 20.2 Å². The Bertz CT molecular complexity index is 770. The molecule has 2 rings (SSSR count). The molecule has 150 valence electrons. The predicted octanol–water partition coefficient (Wildman–Crippen LogP) is 2.18. The van der Waals surface area contributed by atoms with E-state index in [-0.39, 0.29) is 41.4 Å². The van der Waals surface area contributed by atoms with Crippen molar-refractivity contribution in [2.24, 2.45) is 5.92 Å². The van der Waals surface area contributed by atoms with E-state index in [0.29, 0.717) is 12.8 Å². The molecular weight excluding hydrogens is 368 g/mol. The molecule has 1 aliphatic heterocycles. The van der Waals surface area contributed by atoms with Gasteiger partial charge in [0.25, 0.3) is 0 Å². The van der Waals surface area contributed by atoms with Gasteiger partial charge in [-0.05, 0) is 38.3 Å². The molecule has 8 heteroatoms. The molecular formula is C19H28N2O5S. The minimum absolute atomic E-state index is 0.0111. The lowest BCUT2D eigenvalue weighted by atomic mass is 9.96. The van der Waals surface area contributed by atoms with E-state index in [0.717, 1.165) is 12.8 Å². The molecule has 1 aromatic rings. The highest BCUT2D eigenvalue weighted by Gasteiger charge is 2.34. The summed E-state index contributed by atoms with van der Waals surface area (Å²) in [6.07, 6.45) is 2.84. The van der Waals surface area contributed by atoms with Crippen LogP contribution in [0.4, 0.5) is 0 Å². The van der Waals surface area contributed by atoms with E-state index in [1.54, 1.807) is 12.1 Å². The first-order valence-corrected chi connectivity index (χ1v) is 10.7. The molecule has 1 amide bonds. The lowest BCUT2D eigenvalue weighted by Crippen LogP contribution is -2.45. The van der Waals surface area contributed by atoms with Crippen LogP contribution < -0.4 is 5.32 Å². The summed E-state index contributed by atoms with van der Waals surface area (Å²) in [6, 6.07) is 6.14. The number of nitrogens with one attached hydrogen (secondary N) is 1. The summed E-state index contributed by atoms with van der Waals surface area (Å²) in [7, 11) is -2.61. The van der Waals surface area contributed by atoms with Gasteiger partial charge in [0.05, 0.1) is 17.6 Å². The molecule has 7 nitrogen and oxygen atoms in total. The average Bonchev–Trinajstić information content (AvgIpc) is 2.67. The number of carbonyl (C=O) groups is 2. The zero-order valence-electron chi connectivity index (χ0n) is 16.1. The standard InChI is InChI=1S/C19H28N2O5S/c1-4-7-14(2)20-18(22)15-10-12-21(13-11-15)27(24,25)17-9-6-5-8-16(17)19(23)26-3/h5-6,8-9,14-15H,4,7,10-13H2,1-3H3,(H,20,22). The minimum atomic E-state index is -3.83. The second-order valence-corrected chi connectivity index (χ2v) is 8.77. The first-order valence-electron chi connectivity index (χ1n) is 9.29. The highest BCUT2D eigenvalue weighted by molar-refractivity contribution is 7.89. The molecule has 0 saturated carbocycles. The molecule has 1 fully saturated rings. The molecule has 1 N–H and O–H groups in total. The third-order valence-electron chi connectivity index (χ3n) is 4.85. The van der Waals surface area contributed by atoms with Crippen LogP contribution in [0.2, 0.25) is 0 Å². The fraction of sp³-hybridized carbons (Fsp3) is 0.579. The van der Waals surface area contributed by atoms with Crippen LogP contribution in [0.15, 0.2) is 29.2 Å². The van der Waals surface area contributed by atoms with Gasteiger partial charge in [0, 0.05) is 25.0 Å². The van der Waals surface area contributed by atoms with E-state index < -0.39 is 16.0 Å². The number of ether oxygens (including phenoxy) is 1. The summed E-state index contributed by atoms with van der Waals surface area (Å²) in [4.78, 5) is 24.2. The summed E-state index contributed by atoms with van der Waals surface area (Å²) in [5.41, 5.74) is 0.0215. The van der Waals surface area contributed by atoms with E-state index in [1.807, 2.05) is 6.92 Å². The molecule has 27 heavy (non-hydrogen) atoms. The zero-order chi connectivity index (χ0) is 20.0. The topological polar surface area (TPSA) is 92.8 Å². The van der Waals surface area contributed by atoms with Gasteiger partial charge in [-0.3, -0.25) is 4.79 Å². The van der Waals surface area contributed by atoms with Gasteiger partial charge in [0.15, 0.2) is 0 Å². The smallest absolute Gasteiger partial charge is 0.339 e. The van der Waals surface area contributed by atoms with Crippen LogP contribution >= 0.6 is 0 Å². The number of methoxy groups -OCH3 is 1. The Balaban J connectivity index is 2.07. The minimum Gasteiger partial charge on any atom is -0.465 e. The number of nitrogens with zero attached hydrogens (tertiary/aromatic N) is 1. The molecule has 0 aromatic heterocycles. The number of rotatable bonds is 7. The Morgan fingerprint density at radius 2 is 1.89 bits per heavy atom. The second-order valence-electron chi connectivity index (χ2n) is 6.86. The maximum absolute atomic E-state index is 13.0. The van der Waals surface area contributed by atoms with Gasteiger partial charge in [0.1, 0.15) is 0 Å². The van der Waals surface area contributed by atoms with Crippen molar-refractivity contribution in [3.8, 4) is 0 Å². The first kappa shape index (κ1) is 21.4. The Morgan fingerprint density at radius 1 is 1.26 bits per heavy atom. The Hall–Kier alpha value is -1.93. The third kappa shape index (κ3) is 5.07. The normalized spacial score (nSPS) is 17.3. The number of sulfonamides is 1. The van der Waals surface area contributed by atoms with Gasteiger partial charge < -0.3 is 10.1 Å². The number of carbonyl (C=O) groups excluding carboxylic acids is 2. The fourth-order valence-corrected chi connectivity index (χ4v) is 4.98. The summed E-state index contributed by atoms with van der Waals surface area (Å²) in [5.74, 6) is -0.886. The molecule has 0 radical (unpaired) electrons. The SMILES string of the molecule is CCCC(C)NC(=O)C1CCN(S(=O)(=O)c2ccccc2C(=O)OC)CC1. The predicted molar refractivity (Wildman–Crippen MR) is 102 cm³/mol. The average molecular weight is 397 g/mol. The highest BCUT2D eigenvalue weighted by atomic mass is 32.2. The maximum Gasteiger partial charge on any atom is 0.339 e. The van der Waals surface area contributed by atoms with Gasteiger partial charge in [-0.2, -0.15) is 4.31 Å². The molecule has 1 unspecified atom stereocenters. The number of hydrogen-bond acceptors (Lipinski definition) is 5. The van der Waals surface area contributed by atoms with Crippen LogP contribution in [0.1, 0.15) is 49.9 Å². The van der Waals surface area contributed by atoms with Crippen molar-refractivity contribution < 1.29 is 22.7 Å². The third-order valence-corrected chi connectivity index (χ3v) is 6.80. The van der Waals surface area contributed by atoms with Crippen LogP contribution in [0, 0.1) is 5.92 Å².